The Morgan fingerprint density at radius 2 is 2.06 bits per heavy atom. The lowest BCUT2D eigenvalue weighted by molar-refractivity contribution is -0.138. The van der Waals surface area contributed by atoms with Crippen molar-refractivity contribution >= 4 is 5.97 Å². The number of carboxylic acid groups (broad SMARTS) is 1. The summed E-state index contributed by atoms with van der Waals surface area (Å²) in [5.41, 5.74) is 0.428. The number of tetrazole rings is 1. The Bertz CT molecular complexity index is 566. The molecule has 8 nitrogen and oxygen atoms in total. The molecule has 3 N–H and O–H groups in total. The first-order chi connectivity index (χ1) is 8.06. The smallest absolute Gasteiger partial charge is 0.327 e. The van der Waals surface area contributed by atoms with E-state index in [-0.39, 0.29) is 17.3 Å². The SMILES string of the molecule is O=C(O)Cn1nnc(-c2ccc(O)c(O)c2)n1. The molecular weight excluding hydrogens is 228 g/mol. The van der Waals surface area contributed by atoms with E-state index in [1.54, 1.807) is 0 Å². The van der Waals surface area contributed by atoms with E-state index in [9.17, 15) is 9.90 Å². The number of phenols is 2. The van der Waals surface area contributed by atoms with Crippen LogP contribution in [0.4, 0.5) is 0 Å². The van der Waals surface area contributed by atoms with E-state index in [0.717, 1.165) is 4.80 Å². The van der Waals surface area contributed by atoms with E-state index in [0.29, 0.717) is 5.56 Å². The van der Waals surface area contributed by atoms with Crippen molar-refractivity contribution in [1.82, 2.24) is 20.2 Å². The van der Waals surface area contributed by atoms with Crippen molar-refractivity contribution in [2.24, 2.45) is 0 Å². The van der Waals surface area contributed by atoms with Crippen LogP contribution in [0.15, 0.2) is 18.2 Å². The highest BCUT2D eigenvalue weighted by atomic mass is 16.4. The third-order valence-corrected chi connectivity index (χ3v) is 1.96. The van der Waals surface area contributed by atoms with E-state index < -0.39 is 12.5 Å². The second kappa shape index (κ2) is 4.08. The molecule has 8 heteroatoms. The minimum Gasteiger partial charge on any atom is -0.504 e. The monoisotopic (exact) mass is 236 g/mol. The molecule has 2 rings (SSSR count). The molecule has 0 spiro atoms. The van der Waals surface area contributed by atoms with Gasteiger partial charge < -0.3 is 15.3 Å². The first-order valence-electron chi connectivity index (χ1n) is 4.58. The standard InChI is InChI=1S/C9H8N4O4/c14-6-2-1-5(3-7(6)15)9-10-12-13(11-9)4-8(16)17/h1-3,14-15H,4H2,(H,16,17). The van der Waals surface area contributed by atoms with Gasteiger partial charge in [0.1, 0.15) is 0 Å². The average molecular weight is 236 g/mol. The second-order valence-corrected chi connectivity index (χ2v) is 3.24. The number of aromatic nitrogens is 4. The number of hydrogen-bond donors (Lipinski definition) is 3. The van der Waals surface area contributed by atoms with Crippen LogP contribution in [-0.2, 0) is 11.3 Å². The third kappa shape index (κ3) is 2.30. The highest BCUT2D eigenvalue weighted by Crippen LogP contribution is 2.28. The van der Waals surface area contributed by atoms with Crippen LogP contribution in [-0.4, -0.2) is 41.5 Å². The Kier molecular flexibility index (Phi) is 2.61. The molecule has 0 unspecified atom stereocenters. The van der Waals surface area contributed by atoms with E-state index in [2.05, 4.69) is 15.4 Å². The number of carbonyl (C=O) groups is 1. The van der Waals surface area contributed by atoms with E-state index in [1.165, 1.54) is 18.2 Å². The second-order valence-electron chi connectivity index (χ2n) is 3.24. The van der Waals surface area contributed by atoms with Gasteiger partial charge in [-0.3, -0.25) is 4.79 Å². The molecule has 0 aliphatic carbocycles. The van der Waals surface area contributed by atoms with Crippen LogP contribution < -0.4 is 0 Å². The summed E-state index contributed by atoms with van der Waals surface area (Å²) in [6.45, 7) is -0.392. The Balaban J connectivity index is 2.30. The van der Waals surface area contributed by atoms with Gasteiger partial charge in [0.25, 0.3) is 0 Å². The average Bonchev–Trinajstić information content (AvgIpc) is 2.69. The van der Waals surface area contributed by atoms with Crippen LogP contribution in [0.1, 0.15) is 0 Å². The Morgan fingerprint density at radius 3 is 2.71 bits per heavy atom. The zero-order valence-electron chi connectivity index (χ0n) is 8.48. The van der Waals surface area contributed by atoms with Crippen molar-refractivity contribution < 1.29 is 20.1 Å². The van der Waals surface area contributed by atoms with Crippen molar-refractivity contribution in [3.8, 4) is 22.9 Å². The zero-order valence-corrected chi connectivity index (χ0v) is 8.48. The highest BCUT2D eigenvalue weighted by Gasteiger charge is 2.10. The van der Waals surface area contributed by atoms with Gasteiger partial charge in [-0.2, -0.15) is 4.80 Å². The topological polar surface area (TPSA) is 121 Å². The van der Waals surface area contributed by atoms with Crippen LogP contribution in [0, 0.1) is 0 Å². The Hall–Kier alpha value is -2.64. The van der Waals surface area contributed by atoms with Crippen molar-refractivity contribution in [3.63, 3.8) is 0 Å². The minimum absolute atomic E-state index is 0.168. The molecule has 0 radical (unpaired) electrons. The van der Waals surface area contributed by atoms with Crippen LogP contribution in [0.25, 0.3) is 11.4 Å². The molecule has 0 aliphatic rings. The molecule has 1 aromatic heterocycles. The summed E-state index contributed by atoms with van der Waals surface area (Å²) in [7, 11) is 0. The first-order valence-corrected chi connectivity index (χ1v) is 4.58. The molecule has 1 aromatic carbocycles. The van der Waals surface area contributed by atoms with Gasteiger partial charge in [-0.25, -0.2) is 0 Å². The Morgan fingerprint density at radius 1 is 1.29 bits per heavy atom. The maximum absolute atomic E-state index is 10.4. The molecule has 0 saturated heterocycles. The lowest BCUT2D eigenvalue weighted by Crippen LogP contribution is -2.11. The maximum Gasteiger partial charge on any atom is 0.327 e. The van der Waals surface area contributed by atoms with Gasteiger partial charge in [0.05, 0.1) is 0 Å². The van der Waals surface area contributed by atoms with Gasteiger partial charge in [-0.1, -0.05) is 0 Å². The van der Waals surface area contributed by atoms with Crippen molar-refractivity contribution in [2.75, 3.05) is 0 Å². The number of aliphatic carboxylic acids is 1. The van der Waals surface area contributed by atoms with Crippen molar-refractivity contribution in [3.05, 3.63) is 18.2 Å². The summed E-state index contributed by atoms with van der Waals surface area (Å²) in [5, 5.41) is 37.9. The molecule has 88 valence electrons. The molecule has 0 aliphatic heterocycles. The van der Waals surface area contributed by atoms with Crippen LogP contribution in [0.5, 0.6) is 11.5 Å². The molecular formula is C9H8N4O4. The summed E-state index contributed by atoms with van der Waals surface area (Å²) < 4.78 is 0. The first kappa shape index (κ1) is 10.9. The number of rotatable bonds is 3. The Labute approximate surface area is 94.7 Å². The fourth-order valence-electron chi connectivity index (χ4n) is 1.21. The number of aromatic hydroxyl groups is 2. The van der Waals surface area contributed by atoms with Crippen molar-refractivity contribution in [1.29, 1.82) is 0 Å². The molecule has 2 aromatic rings. The van der Waals surface area contributed by atoms with Gasteiger partial charge in [0, 0.05) is 5.56 Å². The minimum atomic E-state index is -1.08. The van der Waals surface area contributed by atoms with Gasteiger partial charge in [-0.15, -0.1) is 10.2 Å². The fourth-order valence-corrected chi connectivity index (χ4v) is 1.21. The maximum atomic E-state index is 10.4. The molecule has 0 atom stereocenters. The number of hydrogen-bond acceptors (Lipinski definition) is 6. The molecule has 1 heterocycles. The van der Waals surface area contributed by atoms with Crippen molar-refractivity contribution in [2.45, 2.75) is 6.54 Å². The number of benzene rings is 1. The zero-order chi connectivity index (χ0) is 12.4. The number of nitrogens with zero attached hydrogens (tertiary/aromatic N) is 4. The fraction of sp³-hybridized carbons (Fsp3) is 0.111. The van der Waals surface area contributed by atoms with Gasteiger partial charge in [-0.05, 0) is 23.4 Å². The predicted molar refractivity (Wildman–Crippen MR) is 54.2 cm³/mol. The third-order valence-electron chi connectivity index (χ3n) is 1.96. The quantitative estimate of drug-likeness (QED) is 0.632. The molecule has 0 fully saturated rings. The molecule has 17 heavy (non-hydrogen) atoms. The lowest BCUT2D eigenvalue weighted by Gasteiger charge is -1.98. The van der Waals surface area contributed by atoms with Gasteiger partial charge >= 0.3 is 5.97 Å². The molecule has 0 saturated carbocycles. The summed E-state index contributed by atoms with van der Waals surface area (Å²) >= 11 is 0. The van der Waals surface area contributed by atoms with Gasteiger partial charge in [0.2, 0.25) is 5.82 Å². The van der Waals surface area contributed by atoms with Crippen LogP contribution >= 0.6 is 0 Å². The highest BCUT2D eigenvalue weighted by molar-refractivity contribution is 5.66. The normalized spacial score (nSPS) is 10.4. The predicted octanol–water partition coefficient (Wildman–Crippen LogP) is -0.164. The summed E-state index contributed by atoms with van der Waals surface area (Å²) in [5.74, 6) is -1.48. The molecule has 0 amide bonds. The van der Waals surface area contributed by atoms with Gasteiger partial charge in [0.15, 0.2) is 18.0 Å². The van der Waals surface area contributed by atoms with E-state index in [4.69, 9.17) is 10.2 Å². The number of phenolic OH excluding ortho intramolecular Hbond substituents is 2. The van der Waals surface area contributed by atoms with E-state index in [1.807, 2.05) is 0 Å². The summed E-state index contributed by atoms with van der Waals surface area (Å²) in [6.07, 6.45) is 0. The van der Waals surface area contributed by atoms with E-state index >= 15 is 0 Å². The van der Waals surface area contributed by atoms with Crippen LogP contribution in [0.2, 0.25) is 0 Å². The molecule has 0 bridgehead atoms. The van der Waals surface area contributed by atoms with Crippen LogP contribution in [0.3, 0.4) is 0 Å². The number of carboxylic acids is 1. The summed E-state index contributed by atoms with van der Waals surface area (Å²) in [6, 6.07) is 4.02. The summed E-state index contributed by atoms with van der Waals surface area (Å²) in [4.78, 5) is 11.3. The lowest BCUT2D eigenvalue weighted by atomic mass is 10.2. The largest absolute Gasteiger partial charge is 0.504 e.